The normalized spacial score (nSPS) is 20.0. The zero-order valence-electron chi connectivity index (χ0n) is 30.3. The van der Waals surface area contributed by atoms with Crippen molar-refractivity contribution in [1.29, 1.82) is 0 Å². The Hall–Kier alpha value is -6.15. The highest BCUT2D eigenvalue weighted by Crippen LogP contribution is 2.38. The van der Waals surface area contributed by atoms with Crippen LogP contribution in [0.1, 0.15) is 65.3 Å². The average molecular weight is 740 g/mol. The summed E-state index contributed by atoms with van der Waals surface area (Å²) in [5.41, 5.74) is 10.2. The van der Waals surface area contributed by atoms with Gasteiger partial charge in [-0.05, 0) is 86.6 Å². The van der Waals surface area contributed by atoms with Crippen molar-refractivity contribution < 1.29 is 23.9 Å². The molecule has 4 aliphatic rings. The minimum atomic E-state index is -0.980. The van der Waals surface area contributed by atoms with Crippen LogP contribution in [-0.2, 0) is 9.59 Å². The summed E-state index contributed by atoms with van der Waals surface area (Å²) in [7, 11) is 0. The van der Waals surface area contributed by atoms with Gasteiger partial charge in [-0.2, -0.15) is 5.10 Å². The predicted molar refractivity (Wildman–Crippen MR) is 204 cm³/mol. The van der Waals surface area contributed by atoms with Gasteiger partial charge in [0.25, 0.3) is 11.8 Å². The van der Waals surface area contributed by atoms with Gasteiger partial charge in [0.15, 0.2) is 5.65 Å². The van der Waals surface area contributed by atoms with E-state index >= 15 is 0 Å². The lowest BCUT2D eigenvalue weighted by atomic mass is 9.93. The Balaban J connectivity index is 0.829. The standard InChI is InChI=1S/C41H41N9O5/c42-37-35-36(26-9-11-29(12-10-26)55-28-5-2-1-3-6-28)46-50(38(35)44-24-43-37)27-17-19-47(20-18-27)23-25-15-21-48(22-16-25)31-8-4-7-30-34(31)41(54)49(40(30)53)32-13-14-33(51)45-39(32)52/h1-12,24-25,27,32H,13-23H2,(H2,42,43,44)(H,45,51,52). The number of piperidine rings is 3. The van der Waals surface area contributed by atoms with E-state index in [-0.39, 0.29) is 24.8 Å². The maximum atomic E-state index is 13.7. The number of benzene rings is 3. The number of ether oxygens (including phenoxy) is 1. The van der Waals surface area contributed by atoms with Gasteiger partial charge in [0.1, 0.15) is 35.4 Å². The molecule has 14 nitrogen and oxygen atoms in total. The van der Waals surface area contributed by atoms with Crippen molar-refractivity contribution in [3.05, 3.63) is 90.3 Å². The number of nitrogens with one attached hydrogen (secondary N) is 1. The third kappa shape index (κ3) is 6.45. The fraction of sp³-hybridized carbons (Fsp3) is 0.341. The van der Waals surface area contributed by atoms with E-state index in [0.29, 0.717) is 22.9 Å². The number of hydrogen-bond acceptors (Lipinski definition) is 11. The molecular weight excluding hydrogens is 699 g/mol. The number of nitrogens with two attached hydrogens (primary N) is 1. The van der Waals surface area contributed by atoms with E-state index in [1.165, 1.54) is 6.33 Å². The Bertz CT molecular complexity index is 2290. The van der Waals surface area contributed by atoms with Crippen LogP contribution in [-0.4, -0.2) is 91.9 Å². The van der Waals surface area contributed by atoms with Gasteiger partial charge in [-0.15, -0.1) is 0 Å². The monoisotopic (exact) mass is 739 g/mol. The van der Waals surface area contributed by atoms with Crippen LogP contribution < -0.4 is 20.7 Å². The van der Waals surface area contributed by atoms with E-state index in [1.54, 1.807) is 12.1 Å². The second-order valence-electron chi connectivity index (χ2n) is 14.8. The van der Waals surface area contributed by atoms with Crippen LogP contribution in [0.3, 0.4) is 0 Å². The van der Waals surface area contributed by atoms with Crippen LogP contribution in [0.2, 0.25) is 0 Å². The third-order valence-electron chi connectivity index (χ3n) is 11.4. The summed E-state index contributed by atoms with van der Waals surface area (Å²) in [6.07, 6.45) is 5.51. The molecule has 0 spiro atoms. The van der Waals surface area contributed by atoms with E-state index in [4.69, 9.17) is 15.6 Å². The fourth-order valence-corrected chi connectivity index (χ4v) is 8.59. The summed E-state index contributed by atoms with van der Waals surface area (Å²) in [5, 5.41) is 8.12. The molecule has 3 saturated heterocycles. The molecule has 1 unspecified atom stereocenters. The van der Waals surface area contributed by atoms with Gasteiger partial charge in [-0.1, -0.05) is 24.3 Å². The van der Waals surface area contributed by atoms with Crippen molar-refractivity contribution in [2.45, 2.75) is 50.6 Å². The lowest BCUT2D eigenvalue weighted by molar-refractivity contribution is -0.136. The topological polar surface area (TPSA) is 169 Å². The smallest absolute Gasteiger partial charge is 0.264 e. The highest BCUT2D eigenvalue weighted by Gasteiger charge is 2.46. The molecule has 1 atom stereocenters. The highest BCUT2D eigenvalue weighted by atomic mass is 16.5. The van der Waals surface area contributed by atoms with Gasteiger partial charge >= 0.3 is 0 Å². The fourth-order valence-electron chi connectivity index (χ4n) is 8.59. The first-order chi connectivity index (χ1) is 26.8. The molecule has 0 bridgehead atoms. The Kier molecular flexibility index (Phi) is 8.97. The predicted octanol–water partition coefficient (Wildman–Crippen LogP) is 4.82. The molecule has 3 fully saturated rings. The van der Waals surface area contributed by atoms with Crippen molar-refractivity contribution in [3.63, 3.8) is 0 Å². The second-order valence-corrected chi connectivity index (χ2v) is 14.8. The largest absolute Gasteiger partial charge is 0.457 e. The van der Waals surface area contributed by atoms with Crippen LogP contribution in [0.5, 0.6) is 11.5 Å². The molecule has 3 aromatic carbocycles. The minimum Gasteiger partial charge on any atom is -0.457 e. The summed E-state index contributed by atoms with van der Waals surface area (Å²) in [6, 6.07) is 22.0. The van der Waals surface area contributed by atoms with Crippen LogP contribution in [0, 0.1) is 5.92 Å². The van der Waals surface area contributed by atoms with Crippen LogP contribution >= 0.6 is 0 Å². The zero-order chi connectivity index (χ0) is 37.6. The van der Waals surface area contributed by atoms with Crippen molar-refractivity contribution in [2.75, 3.05) is 43.4 Å². The second kappa shape index (κ2) is 14.3. The molecule has 0 radical (unpaired) electrons. The number of nitrogen functional groups attached to an aromatic ring is 1. The van der Waals surface area contributed by atoms with Crippen molar-refractivity contribution in [1.82, 2.24) is 34.9 Å². The van der Waals surface area contributed by atoms with Crippen LogP contribution in [0.15, 0.2) is 79.1 Å². The number of fused-ring (bicyclic) bond motifs is 2. The molecule has 0 aliphatic carbocycles. The highest BCUT2D eigenvalue weighted by molar-refractivity contribution is 6.25. The van der Waals surface area contributed by atoms with Gasteiger partial charge in [-0.3, -0.25) is 29.4 Å². The molecule has 4 amide bonds. The van der Waals surface area contributed by atoms with Gasteiger partial charge < -0.3 is 20.3 Å². The quantitative estimate of drug-likeness (QED) is 0.209. The molecule has 5 aromatic rings. The molecule has 2 aromatic heterocycles. The Morgan fingerprint density at radius 3 is 2.27 bits per heavy atom. The van der Waals surface area contributed by atoms with Gasteiger partial charge in [0, 0.05) is 44.7 Å². The van der Waals surface area contributed by atoms with E-state index in [1.807, 2.05) is 65.3 Å². The average Bonchev–Trinajstić information content (AvgIpc) is 3.72. The first-order valence-electron chi connectivity index (χ1n) is 19.0. The molecule has 3 N–H and O–H groups in total. The van der Waals surface area contributed by atoms with Crippen molar-refractivity contribution in [3.8, 4) is 22.8 Å². The number of aromatic nitrogens is 4. The number of amides is 4. The van der Waals surface area contributed by atoms with E-state index < -0.39 is 23.8 Å². The molecule has 9 rings (SSSR count). The molecule has 4 aliphatic heterocycles. The molecule has 55 heavy (non-hydrogen) atoms. The number of likely N-dealkylation sites (tertiary alicyclic amines) is 1. The van der Waals surface area contributed by atoms with Crippen LogP contribution in [0.4, 0.5) is 11.5 Å². The number of anilines is 2. The maximum Gasteiger partial charge on any atom is 0.264 e. The molecule has 0 saturated carbocycles. The summed E-state index contributed by atoms with van der Waals surface area (Å²) in [4.78, 5) is 66.0. The lowest BCUT2D eigenvalue weighted by Gasteiger charge is -2.38. The molecule has 280 valence electrons. The van der Waals surface area contributed by atoms with Crippen LogP contribution in [0.25, 0.3) is 22.3 Å². The first-order valence-corrected chi connectivity index (χ1v) is 19.0. The molecule has 14 heteroatoms. The van der Waals surface area contributed by atoms with Gasteiger partial charge in [-0.25, -0.2) is 14.6 Å². The summed E-state index contributed by atoms with van der Waals surface area (Å²) in [5.74, 6) is 0.474. The van der Waals surface area contributed by atoms with E-state index in [9.17, 15) is 19.2 Å². The van der Waals surface area contributed by atoms with E-state index in [2.05, 4.69) is 25.1 Å². The van der Waals surface area contributed by atoms with Crippen molar-refractivity contribution in [2.24, 2.45) is 5.92 Å². The summed E-state index contributed by atoms with van der Waals surface area (Å²) < 4.78 is 8.04. The summed E-state index contributed by atoms with van der Waals surface area (Å²) >= 11 is 0. The number of carbonyl (C=O) groups is 4. The van der Waals surface area contributed by atoms with E-state index in [0.717, 1.165) is 103 Å². The third-order valence-corrected chi connectivity index (χ3v) is 11.4. The number of rotatable bonds is 8. The Labute approximate surface area is 317 Å². The maximum absolute atomic E-state index is 13.7. The lowest BCUT2D eigenvalue weighted by Crippen LogP contribution is -2.54. The number of hydrogen-bond donors (Lipinski definition) is 2. The zero-order valence-corrected chi connectivity index (χ0v) is 30.3. The molecular formula is C41H41N9O5. The Morgan fingerprint density at radius 2 is 1.53 bits per heavy atom. The summed E-state index contributed by atoms with van der Waals surface area (Å²) in [6.45, 7) is 4.39. The van der Waals surface area contributed by atoms with Gasteiger partial charge in [0.05, 0.1) is 28.2 Å². The minimum absolute atomic E-state index is 0.0919. The van der Waals surface area contributed by atoms with Crippen molar-refractivity contribution >= 4 is 46.2 Å². The molecule has 6 heterocycles. The van der Waals surface area contributed by atoms with Gasteiger partial charge in [0.2, 0.25) is 11.8 Å². The SMILES string of the molecule is Nc1ncnc2c1c(-c1ccc(Oc3ccccc3)cc1)nn2C1CCN(CC2CCN(c3cccc4c3C(=O)N(C3CCC(=O)NC3=O)C4=O)CC2)CC1. The first kappa shape index (κ1) is 34.6. The number of carbonyl (C=O) groups excluding carboxylic acids is 4. The number of nitrogens with zero attached hydrogens (tertiary/aromatic N) is 7. The Morgan fingerprint density at radius 1 is 0.782 bits per heavy atom. The number of imide groups is 2. The number of para-hydroxylation sites is 1.